The van der Waals surface area contributed by atoms with E-state index < -0.39 is 0 Å². The van der Waals surface area contributed by atoms with Gasteiger partial charge in [-0.15, -0.1) is 0 Å². The average molecular weight is 560 g/mol. The maximum absolute atomic E-state index is 5.14. The quantitative estimate of drug-likeness (QED) is 0.202. The van der Waals surface area contributed by atoms with E-state index in [-0.39, 0.29) is 0 Å². The van der Waals surface area contributed by atoms with Gasteiger partial charge < -0.3 is 0 Å². The molecule has 0 saturated heterocycles. The van der Waals surface area contributed by atoms with Gasteiger partial charge in [-0.2, -0.15) is 0 Å². The first-order chi connectivity index (χ1) is 21.8. The fourth-order valence-corrected chi connectivity index (χ4v) is 6.48. The molecule has 3 nitrogen and oxygen atoms in total. The van der Waals surface area contributed by atoms with E-state index in [0.717, 1.165) is 66.4 Å². The molecule has 204 valence electrons. The van der Waals surface area contributed by atoms with Crippen LogP contribution in [0.5, 0.6) is 0 Å². The zero-order valence-electron chi connectivity index (χ0n) is 23.8. The predicted octanol–water partition coefficient (Wildman–Crippen LogP) is 10.6. The van der Waals surface area contributed by atoms with Crippen molar-refractivity contribution in [3.63, 3.8) is 0 Å². The Morgan fingerprint density at radius 3 is 1.98 bits per heavy atom. The molecule has 44 heavy (non-hydrogen) atoms. The van der Waals surface area contributed by atoms with Crippen molar-refractivity contribution in [3.05, 3.63) is 152 Å². The molecule has 0 aliphatic heterocycles. The zero-order valence-corrected chi connectivity index (χ0v) is 23.8. The van der Waals surface area contributed by atoms with E-state index in [1.807, 2.05) is 12.3 Å². The largest absolute Gasteiger partial charge is 0.256 e. The first kappa shape index (κ1) is 24.6. The molecule has 0 radical (unpaired) electrons. The number of nitrogens with zero attached hydrogens (tertiary/aromatic N) is 3. The Morgan fingerprint density at radius 2 is 1.05 bits per heavy atom. The van der Waals surface area contributed by atoms with Gasteiger partial charge in [0.15, 0.2) is 0 Å². The third-order valence-corrected chi connectivity index (χ3v) is 8.67. The lowest BCUT2D eigenvalue weighted by Crippen LogP contribution is -1.90. The summed E-state index contributed by atoms with van der Waals surface area (Å²) >= 11 is 0. The van der Waals surface area contributed by atoms with Crippen molar-refractivity contribution >= 4 is 54.3 Å². The van der Waals surface area contributed by atoms with Crippen molar-refractivity contribution in [2.75, 3.05) is 0 Å². The molecule has 0 N–H and O–H groups in total. The van der Waals surface area contributed by atoms with Crippen molar-refractivity contribution in [1.82, 2.24) is 15.0 Å². The SMILES string of the molecule is c1cnc2c(-c3ccc4ccc(-c5ccc6nc(-c7cc8ccccc8c8ccccc78)ccc6c5)cc4n3)cccc2c1. The van der Waals surface area contributed by atoms with E-state index in [2.05, 4.69) is 145 Å². The fraction of sp³-hybridized carbons (Fsp3) is 0. The number of fused-ring (bicyclic) bond motifs is 6. The Kier molecular flexibility index (Phi) is 5.50. The molecule has 0 aliphatic carbocycles. The standard InChI is InChI=1S/C41H25N3/c1-2-10-32-30(7-1)24-36(34-12-4-3-11-33(32)34)39-21-18-31-23-28(17-19-37(31)43-39)29-15-14-26-16-20-38(44-40(26)25-29)35-13-5-8-27-9-6-22-42-41(27)35/h1-25H. The highest BCUT2D eigenvalue weighted by atomic mass is 14.7. The molecule has 3 heterocycles. The first-order valence-electron chi connectivity index (χ1n) is 14.9. The second-order valence-electron chi connectivity index (χ2n) is 11.3. The Bertz CT molecular complexity index is 2560. The molecule has 0 aliphatic rings. The van der Waals surface area contributed by atoms with E-state index in [1.165, 1.54) is 21.5 Å². The third kappa shape index (κ3) is 4.02. The van der Waals surface area contributed by atoms with Crippen LogP contribution in [0, 0.1) is 0 Å². The molecular weight excluding hydrogens is 534 g/mol. The smallest absolute Gasteiger partial charge is 0.0795 e. The second-order valence-corrected chi connectivity index (χ2v) is 11.3. The summed E-state index contributed by atoms with van der Waals surface area (Å²) in [5.74, 6) is 0. The highest BCUT2D eigenvalue weighted by molar-refractivity contribution is 6.13. The Labute approximate surface area is 254 Å². The number of para-hydroxylation sites is 1. The minimum absolute atomic E-state index is 0.926. The predicted molar refractivity (Wildman–Crippen MR) is 184 cm³/mol. The molecule has 0 spiro atoms. The lowest BCUT2D eigenvalue weighted by molar-refractivity contribution is 1.37. The van der Waals surface area contributed by atoms with Crippen molar-refractivity contribution in [2.24, 2.45) is 0 Å². The molecule has 6 aromatic carbocycles. The minimum atomic E-state index is 0.926. The van der Waals surface area contributed by atoms with E-state index in [9.17, 15) is 0 Å². The summed E-state index contributed by atoms with van der Waals surface area (Å²) in [6, 6.07) is 51.4. The Hall–Kier alpha value is -5.93. The van der Waals surface area contributed by atoms with Gasteiger partial charge in [0.25, 0.3) is 0 Å². The van der Waals surface area contributed by atoms with Gasteiger partial charge >= 0.3 is 0 Å². The molecule has 3 aromatic heterocycles. The van der Waals surface area contributed by atoms with Crippen LogP contribution in [0.3, 0.4) is 0 Å². The highest BCUT2D eigenvalue weighted by Gasteiger charge is 2.12. The van der Waals surface area contributed by atoms with Crippen LogP contribution < -0.4 is 0 Å². The number of pyridine rings is 3. The van der Waals surface area contributed by atoms with Crippen LogP contribution in [0.2, 0.25) is 0 Å². The topological polar surface area (TPSA) is 38.7 Å². The molecule has 0 amide bonds. The maximum atomic E-state index is 5.14. The molecule has 3 heteroatoms. The van der Waals surface area contributed by atoms with E-state index in [1.54, 1.807) is 0 Å². The van der Waals surface area contributed by atoms with Gasteiger partial charge in [0.05, 0.1) is 27.9 Å². The lowest BCUT2D eigenvalue weighted by Gasteiger charge is -2.12. The summed E-state index contributed by atoms with van der Waals surface area (Å²) in [5.41, 5.74) is 9.29. The van der Waals surface area contributed by atoms with E-state index in [0.29, 0.717) is 0 Å². The Balaban J connectivity index is 1.12. The molecule has 0 fully saturated rings. The van der Waals surface area contributed by atoms with Gasteiger partial charge in [-0.05, 0) is 75.1 Å². The summed E-state index contributed by atoms with van der Waals surface area (Å²) in [7, 11) is 0. The van der Waals surface area contributed by atoms with Crippen molar-refractivity contribution in [3.8, 4) is 33.6 Å². The zero-order chi connectivity index (χ0) is 29.0. The second kappa shape index (κ2) is 9.82. The summed E-state index contributed by atoms with van der Waals surface area (Å²) in [6.45, 7) is 0. The minimum Gasteiger partial charge on any atom is -0.256 e. The lowest BCUT2D eigenvalue weighted by atomic mass is 9.95. The summed E-state index contributed by atoms with van der Waals surface area (Å²) in [6.07, 6.45) is 1.84. The number of hydrogen-bond acceptors (Lipinski definition) is 3. The normalized spacial score (nSPS) is 11.6. The molecule has 9 aromatic rings. The molecule has 9 rings (SSSR count). The van der Waals surface area contributed by atoms with Gasteiger partial charge in [0.1, 0.15) is 0 Å². The van der Waals surface area contributed by atoms with Crippen LogP contribution in [0.1, 0.15) is 0 Å². The summed E-state index contributed by atoms with van der Waals surface area (Å²) in [4.78, 5) is 14.9. The third-order valence-electron chi connectivity index (χ3n) is 8.67. The van der Waals surface area contributed by atoms with Crippen LogP contribution in [-0.2, 0) is 0 Å². The van der Waals surface area contributed by atoms with Crippen molar-refractivity contribution in [1.29, 1.82) is 0 Å². The molecule has 0 atom stereocenters. The number of benzene rings is 6. The van der Waals surface area contributed by atoms with Gasteiger partial charge in [0.2, 0.25) is 0 Å². The van der Waals surface area contributed by atoms with Gasteiger partial charge in [-0.1, -0.05) is 103 Å². The average Bonchev–Trinajstić information content (AvgIpc) is 3.10. The van der Waals surface area contributed by atoms with Crippen LogP contribution in [-0.4, -0.2) is 15.0 Å². The highest BCUT2D eigenvalue weighted by Crippen LogP contribution is 2.36. The summed E-state index contributed by atoms with van der Waals surface area (Å²) in [5, 5.41) is 8.30. The van der Waals surface area contributed by atoms with E-state index in [4.69, 9.17) is 9.97 Å². The summed E-state index contributed by atoms with van der Waals surface area (Å²) < 4.78 is 0. The molecule has 0 bridgehead atoms. The van der Waals surface area contributed by atoms with Crippen LogP contribution in [0.25, 0.3) is 87.9 Å². The number of aromatic nitrogens is 3. The molecule has 0 saturated carbocycles. The van der Waals surface area contributed by atoms with Crippen LogP contribution in [0.15, 0.2) is 152 Å². The first-order valence-corrected chi connectivity index (χ1v) is 14.9. The van der Waals surface area contributed by atoms with Crippen LogP contribution in [0.4, 0.5) is 0 Å². The Morgan fingerprint density at radius 1 is 0.364 bits per heavy atom. The number of hydrogen-bond donors (Lipinski definition) is 0. The van der Waals surface area contributed by atoms with E-state index >= 15 is 0 Å². The molecule has 0 unspecified atom stereocenters. The fourth-order valence-electron chi connectivity index (χ4n) is 6.48. The maximum Gasteiger partial charge on any atom is 0.0795 e. The van der Waals surface area contributed by atoms with Gasteiger partial charge in [-0.3, -0.25) is 4.98 Å². The van der Waals surface area contributed by atoms with Crippen molar-refractivity contribution < 1.29 is 0 Å². The number of rotatable bonds is 3. The molecular formula is C41H25N3. The van der Waals surface area contributed by atoms with Crippen molar-refractivity contribution in [2.45, 2.75) is 0 Å². The monoisotopic (exact) mass is 559 g/mol. The van der Waals surface area contributed by atoms with Gasteiger partial charge in [-0.25, -0.2) is 9.97 Å². The van der Waals surface area contributed by atoms with Crippen LogP contribution >= 0.6 is 0 Å². The van der Waals surface area contributed by atoms with Gasteiger partial charge in [0, 0.05) is 33.5 Å².